The van der Waals surface area contributed by atoms with Gasteiger partial charge in [0, 0.05) is 17.7 Å². The molecule has 10 nitrogen and oxygen atoms in total. The molecule has 10 heteroatoms. The Morgan fingerprint density at radius 2 is 1.25 bits per heavy atom. The second-order valence-electron chi connectivity index (χ2n) is 10.3. The molecule has 0 amide bonds. The Kier molecular flexibility index (Phi) is 8.23. The molecule has 4 aromatic carbocycles. The van der Waals surface area contributed by atoms with Crippen molar-refractivity contribution in [3.8, 4) is 11.5 Å². The molecule has 2 aliphatic heterocycles. The molecule has 44 heavy (non-hydrogen) atoms. The molecule has 2 saturated heterocycles. The molecule has 1 unspecified atom stereocenters. The molecule has 0 aliphatic carbocycles. The highest BCUT2D eigenvalue weighted by Crippen LogP contribution is 2.34. The second-order valence-corrected chi connectivity index (χ2v) is 10.3. The number of rotatable bonds is 9. The minimum atomic E-state index is -1.26. The Labute approximate surface area is 252 Å². The average Bonchev–Trinajstić information content (AvgIpc) is 3.63. The van der Waals surface area contributed by atoms with Crippen LogP contribution in [0.15, 0.2) is 98.1 Å². The molecule has 2 heterocycles. The van der Waals surface area contributed by atoms with Crippen LogP contribution >= 0.6 is 0 Å². The highest BCUT2D eigenvalue weighted by molar-refractivity contribution is 5.96. The smallest absolute Gasteiger partial charge is 0.338 e. The Morgan fingerprint density at radius 1 is 0.727 bits per heavy atom. The lowest BCUT2D eigenvalue weighted by Gasteiger charge is -2.21. The number of aliphatic hydroxyl groups excluding tert-OH is 1. The third-order valence-corrected chi connectivity index (χ3v) is 7.46. The molecule has 5 atom stereocenters. The van der Waals surface area contributed by atoms with E-state index in [2.05, 4.69) is 13.2 Å². The quantitative estimate of drug-likeness (QED) is 0.127. The van der Waals surface area contributed by atoms with E-state index in [-0.39, 0.29) is 13.2 Å². The van der Waals surface area contributed by atoms with E-state index in [1.165, 1.54) is 0 Å². The zero-order valence-corrected chi connectivity index (χ0v) is 23.4. The number of benzene rings is 4. The van der Waals surface area contributed by atoms with Crippen molar-refractivity contribution < 1.29 is 47.9 Å². The van der Waals surface area contributed by atoms with Crippen molar-refractivity contribution in [2.45, 2.75) is 30.7 Å². The molecular formula is C34H28O10. The molecule has 0 bridgehead atoms. The predicted octanol–water partition coefficient (Wildman–Crippen LogP) is 4.58. The molecule has 4 aromatic rings. The normalized spacial score (nSPS) is 21.4. The van der Waals surface area contributed by atoms with Crippen molar-refractivity contribution in [1.82, 2.24) is 0 Å². The van der Waals surface area contributed by atoms with Crippen LogP contribution in [0.3, 0.4) is 0 Å². The third-order valence-electron chi connectivity index (χ3n) is 7.46. The highest BCUT2D eigenvalue weighted by Gasteiger charge is 2.50. The predicted molar refractivity (Wildman–Crippen MR) is 158 cm³/mol. The molecule has 2 aliphatic rings. The van der Waals surface area contributed by atoms with Gasteiger partial charge in [-0.25, -0.2) is 14.4 Å². The molecule has 224 valence electrons. The first kappa shape index (κ1) is 29.2. The number of fused-ring (bicyclic) bond motifs is 3. The molecule has 1 N–H and O–H groups in total. The molecule has 6 rings (SSSR count). The molecular weight excluding hydrogens is 568 g/mol. The van der Waals surface area contributed by atoms with E-state index in [1.54, 1.807) is 72.8 Å². The van der Waals surface area contributed by atoms with Gasteiger partial charge in [-0.2, -0.15) is 0 Å². The van der Waals surface area contributed by atoms with Gasteiger partial charge in [0.15, 0.2) is 12.4 Å². The summed E-state index contributed by atoms with van der Waals surface area (Å²) in [4.78, 5) is 36.0. The van der Waals surface area contributed by atoms with Crippen molar-refractivity contribution in [3.05, 3.63) is 109 Å². The molecule has 0 spiro atoms. The van der Waals surface area contributed by atoms with Crippen LogP contribution in [-0.4, -0.2) is 60.6 Å². The van der Waals surface area contributed by atoms with E-state index in [0.29, 0.717) is 22.6 Å². The fraction of sp³-hybridized carbons (Fsp3) is 0.206. The van der Waals surface area contributed by atoms with Gasteiger partial charge in [0.1, 0.15) is 29.8 Å². The van der Waals surface area contributed by atoms with Crippen molar-refractivity contribution in [2.24, 2.45) is 0 Å². The Hall–Kier alpha value is -4.87. The summed E-state index contributed by atoms with van der Waals surface area (Å²) < 4.78 is 33.8. The van der Waals surface area contributed by atoms with Crippen molar-refractivity contribution in [2.75, 3.05) is 13.2 Å². The lowest BCUT2D eigenvalue weighted by molar-refractivity contribution is -0.163. The monoisotopic (exact) mass is 596 g/mol. The Bertz CT molecular complexity index is 1780. The summed E-state index contributed by atoms with van der Waals surface area (Å²) in [5.41, 5.74) is 0.875. The zero-order valence-electron chi connectivity index (χ0n) is 23.4. The van der Waals surface area contributed by atoms with Crippen LogP contribution < -0.4 is 9.47 Å². The van der Waals surface area contributed by atoms with Crippen LogP contribution in [0.5, 0.6) is 11.5 Å². The van der Waals surface area contributed by atoms with Crippen LogP contribution in [0.4, 0.5) is 0 Å². The highest BCUT2D eigenvalue weighted by atomic mass is 16.7. The van der Waals surface area contributed by atoms with Crippen LogP contribution in [0.1, 0.15) is 22.2 Å². The Morgan fingerprint density at radius 3 is 1.89 bits per heavy atom. The first-order chi connectivity index (χ1) is 21.3. The standard InChI is InChI=1S/C34H28O10/c1-3-29(35)41-25-11-9-19-13-23(7-5-21(19)15-25)33(37)43-27-17-39-32-28(18-40-31(27)32)44-34(38)24-8-6-22-16-26(42-30(36)4-2)12-10-20(22)14-24/h3-16,27-28,31-33,37H,1-2,17-18H2/t27-,28+,31-,32-,33?/m1/s1. The van der Waals surface area contributed by atoms with Gasteiger partial charge in [-0.15, -0.1) is 0 Å². The van der Waals surface area contributed by atoms with E-state index in [1.807, 2.05) is 0 Å². The molecule has 0 saturated carbocycles. The summed E-state index contributed by atoms with van der Waals surface area (Å²) in [5.74, 6) is -0.883. The second kappa shape index (κ2) is 12.4. The van der Waals surface area contributed by atoms with Gasteiger partial charge >= 0.3 is 17.9 Å². The SMILES string of the molecule is C=CC(=O)Oc1ccc2cc(C(=O)O[C@H]3CO[C@H]4[C@@H]3OC[C@H]4OC(O)c3ccc4cc(OC(=O)C=C)ccc4c3)ccc2c1. The van der Waals surface area contributed by atoms with E-state index in [4.69, 9.17) is 28.4 Å². The van der Waals surface area contributed by atoms with Gasteiger partial charge in [0.05, 0.1) is 18.8 Å². The minimum Gasteiger partial charge on any atom is -0.453 e. The van der Waals surface area contributed by atoms with Gasteiger partial charge in [0.25, 0.3) is 0 Å². The molecule has 0 aromatic heterocycles. The van der Waals surface area contributed by atoms with Gasteiger partial charge in [-0.05, 0) is 64.0 Å². The summed E-state index contributed by atoms with van der Waals surface area (Å²) in [5, 5.41) is 14.0. The number of hydrogen-bond acceptors (Lipinski definition) is 10. The lowest BCUT2D eigenvalue weighted by atomic mass is 10.1. The maximum Gasteiger partial charge on any atom is 0.338 e. The summed E-state index contributed by atoms with van der Waals surface area (Å²) in [6, 6.07) is 20.6. The first-order valence-electron chi connectivity index (χ1n) is 13.8. The van der Waals surface area contributed by atoms with Crippen molar-refractivity contribution in [1.29, 1.82) is 0 Å². The molecule has 0 radical (unpaired) electrons. The van der Waals surface area contributed by atoms with E-state index in [0.717, 1.165) is 33.7 Å². The largest absolute Gasteiger partial charge is 0.453 e. The van der Waals surface area contributed by atoms with Crippen LogP contribution in [0.2, 0.25) is 0 Å². The summed E-state index contributed by atoms with van der Waals surface area (Å²) >= 11 is 0. The number of carbonyl (C=O) groups excluding carboxylic acids is 3. The van der Waals surface area contributed by atoms with Gasteiger partial charge in [-0.1, -0.05) is 43.5 Å². The van der Waals surface area contributed by atoms with E-state index in [9.17, 15) is 19.5 Å². The van der Waals surface area contributed by atoms with Crippen molar-refractivity contribution >= 4 is 39.5 Å². The summed E-state index contributed by atoms with van der Waals surface area (Å²) in [6.45, 7) is 7.05. The van der Waals surface area contributed by atoms with Gasteiger partial charge in [0.2, 0.25) is 0 Å². The van der Waals surface area contributed by atoms with Crippen LogP contribution in [-0.2, 0) is 28.5 Å². The Balaban J connectivity index is 1.06. The van der Waals surface area contributed by atoms with E-state index >= 15 is 0 Å². The topological polar surface area (TPSA) is 127 Å². The third kappa shape index (κ3) is 6.10. The number of ether oxygens (including phenoxy) is 6. The maximum absolute atomic E-state index is 13.0. The number of esters is 3. The maximum atomic E-state index is 13.0. The van der Waals surface area contributed by atoms with E-state index < -0.39 is 48.6 Å². The zero-order chi connectivity index (χ0) is 30.8. The first-order valence-corrected chi connectivity index (χ1v) is 13.8. The van der Waals surface area contributed by atoms with Gasteiger partial charge in [-0.3, -0.25) is 0 Å². The minimum absolute atomic E-state index is 0.122. The average molecular weight is 597 g/mol. The molecule has 2 fully saturated rings. The number of carbonyl (C=O) groups is 3. The lowest BCUT2D eigenvalue weighted by Crippen LogP contribution is -2.35. The van der Waals surface area contributed by atoms with Crippen molar-refractivity contribution in [3.63, 3.8) is 0 Å². The number of hydrogen-bond donors (Lipinski definition) is 1. The fourth-order valence-corrected chi connectivity index (χ4v) is 5.29. The summed E-state index contributed by atoms with van der Waals surface area (Å²) in [6.07, 6.45) is -1.40. The fourth-order valence-electron chi connectivity index (χ4n) is 5.29. The summed E-state index contributed by atoms with van der Waals surface area (Å²) in [7, 11) is 0. The number of aliphatic hydroxyl groups is 1. The van der Waals surface area contributed by atoms with Gasteiger partial charge < -0.3 is 33.5 Å². The van der Waals surface area contributed by atoms with Crippen LogP contribution in [0, 0.1) is 0 Å². The van der Waals surface area contributed by atoms with Crippen LogP contribution in [0.25, 0.3) is 21.5 Å².